The number of halogens is 1. The zero-order chi connectivity index (χ0) is 15.5. The smallest absolute Gasteiger partial charge is 0.133 e. The number of nitrogens with zero attached hydrogens (tertiary/aromatic N) is 2. The molecule has 0 spiro atoms. The fourth-order valence-electron chi connectivity index (χ4n) is 2.55. The van der Waals surface area contributed by atoms with Crippen LogP contribution in [0.25, 0.3) is 0 Å². The molecule has 0 amide bonds. The van der Waals surface area contributed by atoms with Crippen LogP contribution in [0.5, 0.6) is 5.75 Å². The van der Waals surface area contributed by atoms with Gasteiger partial charge in [-0.3, -0.25) is 0 Å². The van der Waals surface area contributed by atoms with Gasteiger partial charge < -0.3 is 14.4 Å². The number of methoxy groups -OCH3 is 1. The average molecular weight is 292 g/mol. The average Bonchev–Trinajstić information content (AvgIpc) is 2.85. The summed E-state index contributed by atoms with van der Waals surface area (Å²) in [6, 6.07) is 4.53. The molecule has 0 aliphatic rings. The van der Waals surface area contributed by atoms with Crippen molar-refractivity contribution in [2.24, 2.45) is 0 Å². The number of hydrogen-bond donors (Lipinski definition) is 1. The molecule has 0 saturated carbocycles. The Labute approximate surface area is 124 Å². The lowest BCUT2D eigenvalue weighted by atomic mass is 9.90. The first-order chi connectivity index (χ1) is 9.99. The van der Waals surface area contributed by atoms with E-state index in [1.807, 2.05) is 10.8 Å². The zero-order valence-electron chi connectivity index (χ0n) is 12.6. The molecule has 1 atom stereocenters. The summed E-state index contributed by atoms with van der Waals surface area (Å²) in [5.74, 6) is 0.591. The van der Waals surface area contributed by atoms with Crippen LogP contribution < -0.4 is 4.74 Å². The van der Waals surface area contributed by atoms with Crippen molar-refractivity contribution < 1.29 is 14.2 Å². The third kappa shape index (κ3) is 3.24. The van der Waals surface area contributed by atoms with E-state index in [1.165, 1.54) is 13.2 Å². The highest BCUT2D eigenvalue weighted by atomic mass is 19.1. The largest absolute Gasteiger partial charge is 0.496 e. The molecule has 0 saturated heterocycles. The summed E-state index contributed by atoms with van der Waals surface area (Å²) in [7, 11) is 1.46. The van der Waals surface area contributed by atoms with Crippen molar-refractivity contribution in [1.29, 1.82) is 0 Å². The number of hydrogen-bond acceptors (Lipinski definition) is 3. The molecule has 0 aliphatic carbocycles. The normalized spacial score (nSPS) is 14.0. The first kappa shape index (κ1) is 15.5. The maximum atomic E-state index is 14.1. The van der Waals surface area contributed by atoms with E-state index in [0.29, 0.717) is 5.75 Å². The Morgan fingerprint density at radius 2 is 2.19 bits per heavy atom. The summed E-state index contributed by atoms with van der Waals surface area (Å²) in [6.07, 6.45) is 4.75. The molecule has 0 aliphatic heterocycles. The number of aromatic nitrogens is 2. The number of aliphatic hydroxyl groups is 1. The zero-order valence-corrected chi connectivity index (χ0v) is 12.6. The van der Waals surface area contributed by atoms with Gasteiger partial charge in [-0.2, -0.15) is 0 Å². The highest BCUT2D eigenvalue weighted by Gasteiger charge is 2.32. The lowest BCUT2D eigenvalue weighted by Gasteiger charge is -2.26. The molecule has 1 unspecified atom stereocenters. The van der Waals surface area contributed by atoms with Gasteiger partial charge in [-0.05, 0) is 25.5 Å². The Bertz CT molecular complexity index is 608. The number of benzene rings is 1. The fourth-order valence-corrected chi connectivity index (χ4v) is 2.55. The molecule has 0 bridgehead atoms. The van der Waals surface area contributed by atoms with Gasteiger partial charge in [0.05, 0.1) is 12.7 Å². The molecule has 1 aromatic heterocycles. The van der Waals surface area contributed by atoms with Gasteiger partial charge in [0.15, 0.2) is 0 Å². The van der Waals surface area contributed by atoms with E-state index < -0.39 is 11.4 Å². The van der Waals surface area contributed by atoms with Gasteiger partial charge in [-0.25, -0.2) is 9.37 Å². The molecule has 2 rings (SSSR count). The highest BCUT2D eigenvalue weighted by molar-refractivity contribution is 5.39. The van der Waals surface area contributed by atoms with E-state index in [4.69, 9.17) is 4.74 Å². The summed E-state index contributed by atoms with van der Waals surface area (Å²) in [5, 5.41) is 10.8. The van der Waals surface area contributed by atoms with Crippen LogP contribution in [0.15, 0.2) is 30.6 Å². The van der Waals surface area contributed by atoms with E-state index in [1.54, 1.807) is 25.3 Å². The summed E-state index contributed by atoms with van der Waals surface area (Å²) in [4.78, 5) is 4.27. The third-order valence-corrected chi connectivity index (χ3v) is 3.50. The number of aryl methyl sites for hydroxylation is 1. The highest BCUT2D eigenvalue weighted by Crippen LogP contribution is 2.34. The van der Waals surface area contributed by atoms with Crippen LogP contribution in [-0.2, 0) is 18.6 Å². The molecular weight excluding hydrogens is 271 g/mol. The molecular formula is C16H21FN2O2. The van der Waals surface area contributed by atoms with Crippen LogP contribution in [0.2, 0.25) is 0 Å². The molecule has 2 aromatic rings. The van der Waals surface area contributed by atoms with Gasteiger partial charge in [-0.1, -0.05) is 13.0 Å². The van der Waals surface area contributed by atoms with E-state index in [2.05, 4.69) is 11.9 Å². The standard InChI is InChI=1S/C16H21FN2O2/c1-4-9-19-10-8-18-14(19)11-16(2,20)15-12(17)6-5-7-13(15)21-3/h5-8,10,20H,4,9,11H2,1-3H3. The van der Waals surface area contributed by atoms with Crippen molar-refractivity contribution in [1.82, 2.24) is 9.55 Å². The maximum Gasteiger partial charge on any atom is 0.133 e. The lowest BCUT2D eigenvalue weighted by Crippen LogP contribution is -2.28. The van der Waals surface area contributed by atoms with E-state index in [-0.39, 0.29) is 12.0 Å². The van der Waals surface area contributed by atoms with Crippen LogP contribution in [0.4, 0.5) is 4.39 Å². The Morgan fingerprint density at radius 3 is 2.86 bits per heavy atom. The molecule has 1 aromatic carbocycles. The first-order valence-electron chi connectivity index (χ1n) is 7.05. The summed E-state index contributed by atoms with van der Waals surface area (Å²) in [6.45, 7) is 4.47. The number of imidazole rings is 1. The lowest BCUT2D eigenvalue weighted by molar-refractivity contribution is 0.0480. The Morgan fingerprint density at radius 1 is 1.43 bits per heavy atom. The summed E-state index contributed by atoms with van der Waals surface area (Å²) in [5.41, 5.74) is -1.23. The molecule has 21 heavy (non-hydrogen) atoms. The Balaban J connectivity index is 2.36. The van der Waals surface area contributed by atoms with E-state index >= 15 is 0 Å². The van der Waals surface area contributed by atoms with Crippen LogP contribution in [0, 0.1) is 5.82 Å². The third-order valence-electron chi connectivity index (χ3n) is 3.50. The van der Waals surface area contributed by atoms with Crippen molar-refractivity contribution in [2.75, 3.05) is 7.11 Å². The van der Waals surface area contributed by atoms with Gasteiger partial charge >= 0.3 is 0 Å². The Hall–Kier alpha value is -1.88. The van der Waals surface area contributed by atoms with Gasteiger partial charge in [-0.15, -0.1) is 0 Å². The number of rotatable bonds is 6. The molecule has 5 heteroatoms. The van der Waals surface area contributed by atoms with Gasteiger partial charge in [0.1, 0.15) is 23.0 Å². The monoisotopic (exact) mass is 292 g/mol. The molecule has 114 valence electrons. The molecule has 1 heterocycles. The van der Waals surface area contributed by atoms with Crippen molar-refractivity contribution in [3.63, 3.8) is 0 Å². The van der Waals surface area contributed by atoms with Crippen molar-refractivity contribution in [2.45, 2.75) is 38.8 Å². The Kier molecular flexibility index (Phi) is 4.63. The fraction of sp³-hybridized carbons (Fsp3) is 0.438. The summed E-state index contributed by atoms with van der Waals surface area (Å²) >= 11 is 0. The topological polar surface area (TPSA) is 47.3 Å². The van der Waals surface area contributed by atoms with Crippen molar-refractivity contribution >= 4 is 0 Å². The minimum absolute atomic E-state index is 0.165. The van der Waals surface area contributed by atoms with Crippen LogP contribution in [0.1, 0.15) is 31.7 Å². The molecule has 1 N–H and O–H groups in total. The van der Waals surface area contributed by atoms with Crippen molar-refractivity contribution in [3.05, 3.63) is 47.8 Å². The van der Waals surface area contributed by atoms with Crippen LogP contribution in [-0.4, -0.2) is 21.8 Å². The molecule has 4 nitrogen and oxygen atoms in total. The minimum atomic E-state index is -1.40. The molecule has 0 radical (unpaired) electrons. The van der Waals surface area contributed by atoms with Gasteiger partial charge in [0, 0.05) is 25.4 Å². The minimum Gasteiger partial charge on any atom is -0.496 e. The van der Waals surface area contributed by atoms with Crippen molar-refractivity contribution in [3.8, 4) is 5.75 Å². The SMILES string of the molecule is CCCn1ccnc1CC(C)(O)c1c(F)cccc1OC. The second-order valence-corrected chi connectivity index (χ2v) is 5.30. The second-order valence-electron chi connectivity index (χ2n) is 5.30. The van der Waals surface area contributed by atoms with E-state index in [0.717, 1.165) is 18.8 Å². The van der Waals surface area contributed by atoms with Crippen LogP contribution >= 0.6 is 0 Å². The van der Waals surface area contributed by atoms with Gasteiger partial charge in [0.25, 0.3) is 0 Å². The second kappa shape index (κ2) is 6.26. The summed E-state index contributed by atoms with van der Waals surface area (Å²) < 4.78 is 21.3. The quantitative estimate of drug-likeness (QED) is 0.890. The molecule has 0 fully saturated rings. The predicted molar refractivity (Wildman–Crippen MR) is 78.7 cm³/mol. The van der Waals surface area contributed by atoms with Crippen LogP contribution in [0.3, 0.4) is 0 Å². The van der Waals surface area contributed by atoms with E-state index in [9.17, 15) is 9.50 Å². The number of ether oxygens (including phenoxy) is 1. The predicted octanol–water partition coefficient (Wildman–Crippen LogP) is 2.89. The first-order valence-corrected chi connectivity index (χ1v) is 7.05. The van der Waals surface area contributed by atoms with Gasteiger partial charge in [0.2, 0.25) is 0 Å². The maximum absolute atomic E-state index is 14.1.